The molecule has 1 aliphatic heterocycles. The Bertz CT molecular complexity index is 481. The predicted molar refractivity (Wildman–Crippen MR) is 70.8 cm³/mol. The third-order valence-electron chi connectivity index (χ3n) is 3.78. The van der Waals surface area contributed by atoms with Gasteiger partial charge in [-0.2, -0.15) is 0 Å². The molecule has 0 spiro atoms. The monoisotopic (exact) mass is 265 g/mol. The van der Waals surface area contributed by atoms with Crippen LogP contribution < -0.4 is 16.2 Å². The summed E-state index contributed by atoms with van der Waals surface area (Å²) in [5, 5.41) is 19.3. The van der Waals surface area contributed by atoms with Crippen molar-refractivity contribution in [2.24, 2.45) is 5.84 Å². The number of nitrogens with zero attached hydrogens (tertiary/aromatic N) is 3. The average molecular weight is 265 g/mol. The van der Waals surface area contributed by atoms with Crippen LogP contribution in [0.5, 0.6) is 0 Å². The molecule has 2 heterocycles. The zero-order valence-electron chi connectivity index (χ0n) is 10.9. The van der Waals surface area contributed by atoms with Crippen LogP contribution in [0.1, 0.15) is 30.1 Å². The van der Waals surface area contributed by atoms with E-state index in [0.29, 0.717) is 24.8 Å². The first kappa shape index (κ1) is 12.6. The van der Waals surface area contributed by atoms with Gasteiger partial charge in [0.05, 0.1) is 12.2 Å². The lowest BCUT2D eigenvalue weighted by molar-refractivity contribution is 0.0572. The van der Waals surface area contributed by atoms with Gasteiger partial charge in [-0.05, 0) is 19.8 Å². The minimum Gasteiger partial charge on any atom is -0.389 e. The van der Waals surface area contributed by atoms with E-state index in [4.69, 9.17) is 5.84 Å². The Kier molecular flexibility index (Phi) is 3.04. The Morgan fingerprint density at radius 2 is 1.84 bits per heavy atom. The highest BCUT2D eigenvalue weighted by molar-refractivity contribution is 5.59. The van der Waals surface area contributed by atoms with Gasteiger partial charge in [-0.1, -0.05) is 0 Å². The number of hydrogen-bond acceptors (Lipinski definition) is 7. The van der Waals surface area contributed by atoms with E-state index < -0.39 is 12.2 Å². The Balaban J connectivity index is 1.97. The van der Waals surface area contributed by atoms with Crippen LogP contribution in [0.15, 0.2) is 0 Å². The topological polar surface area (TPSA) is 108 Å². The van der Waals surface area contributed by atoms with Crippen LogP contribution in [-0.2, 0) is 0 Å². The lowest BCUT2D eigenvalue weighted by atomic mass is 10.2. The first-order valence-electron chi connectivity index (χ1n) is 6.56. The van der Waals surface area contributed by atoms with Crippen molar-refractivity contribution in [3.8, 4) is 0 Å². The fourth-order valence-corrected chi connectivity index (χ4v) is 2.44. The van der Waals surface area contributed by atoms with Crippen molar-refractivity contribution in [3.05, 3.63) is 11.4 Å². The molecule has 1 aliphatic carbocycles. The molecular weight excluding hydrogens is 246 g/mol. The second-order valence-electron chi connectivity index (χ2n) is 5.34. The first-order chi connectivity index (χ1) is 9.10. The van der Waals surface area contributed by atoms with Crippen LogP contribution in [0.3, 0.4) is 0 Å². The maximum Gasteiger partial charge on any atom is 0.148 e. The van der Waals surface area contributed by atoms with Gasteiger partial charge < -0.3 is 20.5 Å². The van der Waals surface area contributed by atoms with Crippen molar-refractivity contribution in [1.82, 2.24) is 9.97 Å². The number of nitrogens with one attached hydrogen (secondary N) is 1. The summed E-state index contributed by atoms with van der Waals surface area (Å²) in [5.41, 5.74) is 3.44. The van der Waals surface area contributed by atoms with E-state index in [0.717, 1.165) is 30.0 Å². The number of aliphatic hydroxyl groups excluding tert-OH is 2. The lowest BCUT2D eigenvalue weighted by Gasteiger charge is -2.21. The molecule has 2 atom stereocenters. The lowest BCUT2D eigenvalue weighted by Crippen LogP contribution is -2.25. The Morgan fingerprint density at radius 3 is 2.37 bits per heavy atom. The van der Waals surface area contributed by atoms with Crippen LogP contribution in [-0.4, -0.2) is 45.5 Å². The van der Waals surface area contributed by atoms with E-state index in [-0.39, 0.29) is 0 Å². The Labute approximate surface area is 111 Å². The molecule has 2 unspecified atom stereocenters. The van der Waals surface area contributed by atoms with Gasteiger partial charge in [0.15, 0.2) is 0 Å². The molecular formula is C12H19N5O2. The minimum absolute atomic E-state index is 0.382. The summed E-state index contributed by atoms with van der Waals surface area (Å²) in [7, 11) is 0. The third kappa shape index (κ3) is 2.24. The van der Waals surface area contributed by atoms with Gasteiger partial charge in [0.25, 0.3) is 0 Å². The number of nitrogens with two attached hydrogens (primary N) is 1. The fraction of sp³-hybridized carbons (Fsp3) is 0.667. The Hall–Kier alpha value is -1.44. The Morgan fingerprint density at radius 1 is 1.21 bits per heavy atom. The van der Waals surface area contributed by atoms with Gasteiger partial charge in [-0.25, -0.2) is 15.8 Å². The van der Waals surface area contributed by atoms with Crippen molar-refractivity contribution in [2.75, 3.05) is 23.4 Å². The summed E-state index contributed by atoms with van der Waals surface area (Å²) >= 11 is 0. The quantitative estimate of drug-likeness (QED) is 0.430. The first-order valence-corrected chi connectivity index (χ1v) is 6.56. The summed E-state index contributed by atoms with van der Waals surface area (Å²) in [5.74, 6) is 8.08. The summed E-state index contributed by atoms with van der Waals surface area (Å²) < 4.78 is 0. The molecule has 0 radical (unpaired) electrons. The molecule has 19 heavy (non-hydrogen) atoms. The molecule has 7 heteroatoms. The summed E-state index contributed by atoms with van der Waals surface area (Å²) in [6, 6.07) is 0. The number of hydrazine groups is 1. The second kappa shape index (κ2) is 4.59. The largest absolute Gasteiger partial charge is 0.389 e. The molecule has 7 nitrogen and oxygen atoms in total. The van der Waals surface area contributed by atoms with Crippen molar-refractivity contribution >= 4 is 11.6 Å². The molecule has 1 aromatic heterocycles. The van der Waals surface area contributed by atoms with Gasteiger partial charge in [-0.15, -0.1) is 0 Å². The number of rotatable bonds is 3. The molecule has 0 bridgehead atoms. The number of aliphatic hydroxyl groups is 2. The summed E-state index contributed by atoms with van der Waals surface area (Å²) in [6.45, 7) is 2.65. The molecule has 5 N–H and O–H groups in total. The molecule has 1 aromatic rings. The maximum atomic E-state index is 9.66. The van der Waals surface area contributed by atoms with Gasteiger partial charge in [0.1, 0.15) is 17.5 Å². The molecule has 0 aromatic carbocycles. The third-order valence-corrected chi connectivity index (χ3v) is 3.78. The molecule has 3 rings (SSSR count). The summed E-state index contributed by atoms with van der Waals surface area (Å²) in [4.78, 5) is 10.9. The highest BCUT2D eigenvalue weighted by Crippen LogP contribution is 2.40. The SMILES string of the molecule is Cc1c(NN)nc(C2CC2)nc1N1CC(O)C(O)C1. The number of nitrogen functional groups attached to an aromatic ring is 1. The molecule has 104 valence electrons. The van der Waals surface area contributed by atoms with E-state index in [2.05, 4.69) is 15.4 Å². The fourth-order valence-electron chi connectivity index (χ4n) is 2.44. The van der Waals surface area contributed by atoms with Crippen molar-refractivity contribution < 1.29 is 10.2 Å². The summed E-state index contributed by atoms with van der Waals surface area (Å²) in [6.07, 6.45) is 0.760. The van der Waals surface area contributed by atoms with Crippen LogP contribution in [0.4, 0.5) is 11.6 Å². The highest BCUT2D eigenvalue weighted by atomic mass is 16.3. The van der Waals surface area contributed by atoms with Gasteiger partial charge in [0.2, 0.25) is 0 Å². The van der Waals surface area contributed by atoms with E-state index in [1.54, 1.807) is 0 Å². The van der Waals surface area contributed by atoms with Crippen molar-refractivity contribution in [2.45, 2.75) is 37.9 Å². The van der Waals surface area contributed by atoms with Crippen LogP contribution in [0.25, 0.3) is 0 Å². The maximum absolute atomic E-state index is 9.66. The molecule has 2 fully saturated rings. The molecule has 1 saturated carbocycles. The van der Waals surface area contributed by atoms with Gasteiger partial charge in [-0.3, -0.25) is 0 Å². The van der Waals surface area contributed by atoms with Gasteiger partial charge >= 0.3 is 0 Å². The molecule has 2 aliphatic rings. The standard InChI is InChI=1S/C12H19N5O2/c1-6-10(16-13)14-11(7-2-3-7)15-12(6)17-4-8(18)9(19)5-17/h7-9,18-19H,2-5,13H2,1H3,(H,14,15,16). The number of aromatic nitrogens is 2. The van der Waals surface area contributed by atoms with Gasteiger partial charge in [0, 0.05) is 24.6 Å². The number of hydrogen-bond donors (Lipinski definition) is 4. The number of β-amino-alcohol motifs (C(OH)–C–C–N with tert-alkyl or cyclic N) is 2. The smallest absolute Gasteiger partial charge is 0.148 e. The van der Waals surface area contributed by atoms with E-state index in [1.807, 2.05) is 11.8 Å². The van der Waals surface area contributed by atoms with Crippen LogP contribution in [0, 0.1) is 6.92 Å². The van der Waals surface area contributed by atoms with E-state index in [1.165, 1.54) is 0 Å². The van der Waals surface area contributed by atoms with Crippen LogP contribution >= 0.6 is 0 Å². The van der Waals surface area contributed by atoms with Crippen molar-refractivity contribution in [1.29, 1.82) is 0 Å². The van der Waals surface area contributed by atoms with E-state index in [9.17, 15) is 10.2 Å². The molecule has 1 saturated heterocycles. The normalized spacial score (nSPS) is 26.8. The molecule has 0 amide bonds. The average Bonchev–Trinajstić information content (AvgIpc) is 3.17. The zero-order chi connectivity index (χ0) is 13.6. The second-order valence-corrected chi connectivity index (χ2v) is 5.34. The number of anilines is 2. The van der Waals surface area contributed by atoms with Crippen molar-refractivity contribution in [3.63, 3.8) is 0 Å². The minimum atomic E-state index is -0.729. The van der Waals surface area contributed by atoms with Crippen LogP contribution in [0.2, 0.25) is 0 Å². The van der Waals surface area contributed by atoms with E-state index >= 15 is 0 Å². The zero-order valence-corrected chi connectivity index (χ0v) is 10.9. The highest BCUT2D eigenvalue weighted by Gasteiger charge is 2.34. The predicted octanol–water partition coefficient (Wildman–Crippen LogP) is -0.510.